The van der Waals surface area contributed by atoms with E-state index in [4.69, 9.17) is 4.98 Å². The van der Waals surface area contributed by atoms with E-state index in [1.807, 2.05) is 45.9 Å². The summed E-state index contributed by atoms with van der Waals surface area (Å²) in [7, 11) is 0. The van der Waals surface area contributed by atoms with Crippen molar-refractivity contribution in [1.29, 1.82) is 0 Å². The molecule has 7 nitrogen and oxygen atoms in total. The van der Waals surface area contributed by atoms with E-state index in [1.54, 1.807) is 17.5 Å². The van der Waals surface area contributed by atoms with Gasteiger partial charge in [-0.25, -0.2) is 4.98 Å². The highest BCUT2D eigenvalue weighted by molar-refractivity contribution is 7.13. The predicted molar refractivity (Wildman–Crippen MR) is 136 cm³/mol. The van der Waals surface area contributed by atoms with E-state index in [9.17, 15) is 4.79 Å². The Morgan fingerprint density at radius 2 is 2.12 bits per heavy atom. The molecule has 0 saturated carbocycles. The fourth-order valence-electron chi connectivity index (χ4n) is 3.24. The minimum atomic E-state index is -0.258. The van der Waals surface area contributed by atoms with Gasteiger partial charge in [0.05, 0.1) is 11.7 Å². The Hall–Kier alpha value is -2.55. The number of thiazole rings is 1. The molecule has 32 heavy (non-hydrogen) atoms. The summed E-state index contributed by atoms with van der Waals surface area (Å²) in [6.45, 7) is 17.0. The molecule has 1 amide bonds. The molecule has 8 heteroatoms. The minimum absolute atomic E-state index is 0.235. The zero-order chi connectivity index (χ0) is 23.3. The topological polar surface area (TPSA) is 81.6 Å². The highest BCUT2D eigenvalue weighted by Gasteiger charge is 2.18. The van der Waals surface area contributed by atoms with Crippen molar-refractivity contribution < 1.29 is 4.79 Å². The van der Waals surface area contributed by atoms with Crippen molar-refractivity contribution in [2.45, 2.75) is 40.3 Å². The number of allylic oxidation sites excluding steroid dienone is 3. The average molecular weight is 457 g/mol. The molecule has 1 atom stereocenters. The number of nitrogens with one attached hydrogen (secondary N) is 3. The number of amides is 1. The van der Waals surface area contributed by atoms with E-state index in [1.165, 1.54) is 6.08 Å². The Bertz CT molecular complexity index is 873. The van der Waals surface area contributed by atoms with Gasteiger partial charge in [0.1, 0.15) is 5.71 Å². The Balaban J connectivity index is 2.06. The number of aromatic nitrogens is 1. The normalized spacial score (nSPS) is 16.6. The van der Waals surface area contributed by atoms with Gasteiger partial charge in [0.15, 0.2) is 5.13 Å². The van der Waals surface area contributed by atoms with E-state index in [0.717, 1.165) is 54.7 Å². The molecule has 174 valence electrons. The Morgan fingerprint density at radius 1 is 1.38 bits per heavy atom. The molecule has 1 aromatic rings. The molecule has 1 saturated heterocycles. The molecule has 0 spiro atoms. The second kappa shape index (κ2) is 13.8. The van der Waals surface area contributed by atoms with E-state index >= 15 is 0 Å². The maximum absolute atomic E-state index is 12.8. The Labute approximate surface area is 196 Å². The number of anilines is 1. The van der Waals surface area contributed by atoms with Gasteiger partial charge in [0.2, 0.25) is 0 Å². The van der Waals surface area contributed by atoms with Crippen LogP contribution in [0, 0.1) is 0 Å². The van der Waals surface area contributed by atoms with Crippen LogP contribution in [0.4, 0.5) is 5.13 Å². The maximum Gasteiger partial charge on any atom is 0.270 e. The average Bonchev–Trinajstić information content (AvgIpc) is 3.23. The van der Waals surface area contributed by atoms with E-state index in [0.29, 0.717) is 12.3 Å². The van der Waals surface area contributed by atoms with Crippen molar-refractivity contribution in [1.82, 2.24) is 20.5 Å². The predicted octanol–water partition coefficient (Wildman–Crippen LogP) is 3.52. The molecular formula is C24H36N6OS. The number of carbonyl (C=O) groups is 1. The van der Waals surface area contributed by atoms with Crippen LogP contribution in [0.3, 0.4) is 0 Å². The summed E-state index contributed by atoms with van der Waals surface area (Å²) in [5, 5.41) is 12.8. The molecule has 1 aromatic heterocycles. The maximum atomic E-state index is 12.8. The van der Waals surface area contributed by atoms with E-state index in [2.05, 4.69) is 37.8 Å². The van der Waals surface area contributed by atoms with Gasteiger partial charge < -0.3 is 16.0 Å². The molecule has 1 unspecified atom stereocenters. The smallest absolute Gasteiger partial charge is 0.270 e. The molecule has 0 aromatic carbocycles. The first-order valence-corrected chi connectivity index (χ1v) is 11.9. The number of piperazine rings is 1. The summed E-state index contributed by atoms with van der Waals surface area (Å²) in [6, 6.07) is -0.235. The highest BCUT2D eigenvalue weighted by atomic mass is 32.1. The van der Waals surface area contributed by atoms with Crippen LogP contribution in [0.1, 0.15) is 33.4 Å². The molecule has 3 N–H and O–H groups in total. The molecule has 2 rings (SSSR count). The second-order valence-electron chi connectivity index (χ2n) is 7.79. The molecule has 1 aliphatic heterocycles. The summed E-state index contributed by atoms with van der Waals surface area (Å²) in [5.41, 5.74) is 3.39. The van der Waals surface area contributed by atoms with Crippen molar-refractivity contribution in [3.8, 4) is 0 Å². The van der Waals surface area contributed by atoms with Crippen molar-refractivity contribution in [3.05, 3.63) is 59.3 Å². The highest BCUT2D eigenvalue weighted by Crippen LogP contribution is 2.18. The van der Waals surface area contributed by atoms with Gasteiger partial charge >= 0.3 is 0 Å². The lowest BCUT2D eigenvalue weighted by molar-refractivity contribution is -0.115. The summed E-state index contributed by atoms with van der Waals surface area (Å²) >= 11 is 1.59. The number of aliphatic imine (C=N–C) groups is 1. The third kappa shape index (κ3) is 8.53. The van der Waals surface area contributed by atoms with Crippen LogP contribution in [-0.2, 0) is 11.3 Å². The third-order valence-corrected chi connectivity index (χ3v) is 5.74. The lowest BCUT2D eigenvalue weighted by atomic mass is 10.1. The first-order chi connectivity index (χ1) is 15.5. The fraction of sp³-hybridized carbons (Fsp3) is 0.458. The van der Waals surface area contributed by atoms with Gasteiger partial charge in [-0.3, -0.25) is 14.7 Å². The van der Waals surface area contributed by atoms with Crippen molar-refractivity contribution >= 4 is 28.1 Å². The monoisotopic (exact) mass is 456 g/mol. The van der Waals surface area contributed by atoms with Crippen LogP contribution in [0.25, 0.3) is 0 Å². The first kappa shape index (κ1) is 25.7. The quantitative estimate of drug-likeness (QED) is 0.351. The number of hydrogen-bond acceptors (Lipinski definition) is 7. The molecule has 1 fully saturated rings. The van der Waals surface area contributed by atoms with E-state index in [-0.39, 0.29) is 11.9 Å². The van der Waals surface area contributed by atoms with Crippen LogP contribution in [-0.4, -0.2) is 60.3 Å². The van der Waals surface area contributed by atoms with Crippen molar-refractivity contribution in [2.24, 2.45) is 4.99 Å². The molecule has 2 heterocycles. The number of nitrogens with zero attached hydrogens (tertiary/aromatic N) is 3. The van der Waals surface area contributed by atoms with Gasteiger partial charge in [-0.05, 0) is 39.3 Å². The Kier molecular flexibility index (Phi) is 11.1. The zero-order valence-electron chi connectivity index (χ0n) is 19.6. The summed E-state index contributed by atoms with van der Waals surface area (Å²) in [4.78, 5) is 24.2. The lowest BCUT2D eigenvalue weighted by Crippen LogP contribution is -2.43. The van der Waals surface area contributed by atoms with Crippen LogP contribution < -0.4 is 16.0 Å². The summed E-state index contributed by atoms with van der Waals surface area (Å²) < 4.78 is 0. The van der Waals surface area contributed by atoms with Crippen LogP contribution in [0.15, 0.2) is 58.6 Å². The zero-order valence-corrected chi connectivity index (χ0v) is 20.5. The minimum Gasteiger partial charge on any atom is -0.359 e. The SMILES string of the molecule is C=CC(=NC=C(C)C)C(=O)NC(CNc1nc(CN2CCNCC2)cs1)C(C=CC)=CC. The Morgan fingerprint density at radius 3 is 2.75 bits per heavy atom. The summed E-state index contributed by atoms with van der Waals surface area (Å²) in [6.07, 6.45) is 9.13. The van der Waals surface area contributed by atoms with Gasteiger partial charge in [-0.1, -0.05) is 30.4 Å². The van der Waals surface area contributed by atoms with Gasteiger partial charge in [0.25, 0.3) is 5.91 Å². The lowest BCUT2D eigenvalue weighted by Gasteiger charge is -2.26. The van der Waals surface area contributed by atoms with Crippen molar-refractivity contribution in [2.75, 3.05) is 38.0 Å². The molecular weight excluding hydrogens is 420 g/mol. The standard InChI is InChI=1S/C24H36N6OS/c1-6-9-19(7-2)22(29-23(31)21(8-3)26-14-18(4)5)15-27-24-28-20(17-32-24)16-30-12-10-25-11-13-30/h6-9,14,17,22,25H,3,10-13,15-16H2,1-2,4-5H3,(H,27,28)(H,29,31). The molecule has 0 bridgehead atoms. The largest absolute Gasteiger partial charge is 0.359 e. The third-order valence-electron chi connectivity index (χ3n) is 4.89. The first-order valence-electron chi connectivity index (χ1n) is 11.0. The van der Waals surface area contributed by atoms with Gasteiger partial charge in [0, 0.05) is 50.8 Å². The van der Waals surface area contributed by atoms with E-state index < -0.39 is 0 Å². The number of carbonyl (C=O) groups excluding carboxylic acids is 1. The molecule has 1 aliphatic rings. The van der Waals surface area contributed by atoms with Crippen LogP contribution >= 0.6 is 11.3 Å². The second-order valence-corrected chi connectivity index (χ2v) is 8.65. The fourth-order valence-corrected chi connectivity index (χ4v) is 3.95. The van der Waals surface area contributed by atoms with Crippen LogP contribution in [0.5, 0.6) is 0 Å². The van der Waals surface area contributed by atoms with Gasteiger partial charge in [-0.2, -0.15) is 0 Å². The van der Waals surface area contributed by atoms with Gasteiger partial charge in [-0.15, -0.1) is 11.3 Å². The molecule has 0 aliphatic carbocycles. The van der Waals surface area contributed by atoms with Crippen LogP contribution in [0.2, 0.25) is 0 Å². The summed E-state index contributed by atoms with van der Waals surface area (Å²) in [5.74, 6) is -0.258. The van der Waals surface area contributed by atoms with Crippen molar-refractivity contribution in [3.63, 3.8) is 0 Å². The number of hydrogen-bond donors (Lipinski definition) is 3. The molecule has 0 radical (unpaired) electrons. The number of rotatable bonds is 11.